The lowest BCUT2D eigenvalue weighted by Gasteiger charge is -2.34. The average molecular weight is 377 g/mol. The highest BCUT2D eigenvalue weighted by atomic mass is 16.6. The second-order valence-corrected chi connectivity index (χ2v) is 7.21. The Bertz CT molecular complexity index is 669. The Labute approximate surface area is 159 Å². The van der Waals surface area contributed by atoms with E-state index in [1.54, 1.807) is 23.1 Å². The summed E-state index contributed by atoms with van der Waals surface area (Å²) in [6.45, 7) is 5.82. The fraction of sp³-hybridized carbons (Fsp3) is 0.579. The summed E-state index contributed by atoms with van der Waals surface area (Å²) in [6, 6.07) is 6.35. The van der Waals surface area contributed by atoms with Gasteiger partial charge >= 0.3 is 5.97 Å². The van der Waals surface area contributed by atoms with Crippen LogP contribution < -0.4 is 5.32 Å². The van der Waals surface area contributed by atoms with Crippen molar-refractivity contribution in [1.82, 2.24) is 4.90 Å². The molecule has 1 aromatic carbocycles. The molecule has 27 heavy (non-hydrogen) atoms. The lowest BCUT2D eigenvalue weighted by atomic mass is 9.92. The molecular weight excluding hydrogens is 350 g/mol. The number of esters is 1. The van der Waals surface area contributed by atoms with Crippen molar-refractivity contribution < 1.29 is 19.2 Å². The molecule has 0 aromatic heterocycles. The summed E-state index contributed by atoms with van der Waals surface area (Å²) in [5.74, 6) is 0.327. The molecule has 1 aliphatic heterocycles. The number of carbonyl (C=O) groups is 2. The van der Waals surface area contributed by atoms with Gasteiger partial charge in [0.1, 0.15) is 5.69 Å². The molecule has 1 fully saturated rings. The molecule has 1 N–H and O–H groups in total. The number of para-hydroxylation sites is 2. The minimum Gasteiger partial charge on any atom is -0.456 e. The van der Waals surface area contributed by atoms with E-state index in [0.717, 1.165) is 6.42 Å². The smallest absolute Gasteiger partial charge is 0.306 e. The molecule has 0 radical (unpaired) electrons. The molecule has 8 nitrogen and oxygen atoms in total. The van der Waals surface area contributed by atoms with Gasteiger partial charge in [-0.2, -0.15) is 0 Å². The molecule has 0 saturated carbocycles. The zero-order chi connectivity index (χ0) is 19.8. The maximum atomic E-state index is 12.2. The van der Waals surface area contributed by atoms with Crippen LogP contribution in [-0.2, 0) is 14.3 Å². The first kappa shape index (κ1) is 20.7. The van der Waals surface area contributed by atoms with Gasteiger partial charge in [-0.05, 0) is 30.7 Å². The van der Waals surface area contributed by atoms with Crippen LogP contribution in [0.15, 0.2) is 24.3 Å². The van der Waals surface area contributed by atoms with E-state index in [1.165, 1.54) is 6.07 Å². The zero-order valence-electron chi connectivity index (χ0n) is 15.8. The van der Waals surface area contributed by atoms with Gasteiger partial charge in [-0.15, -0.1) is 0 Å². The zero-order valence-corrected chi connectivity index (χ0v) is 15.8. The monoisotopic (exact) mass is 377 g/mol. The second kappa shape index (κ2) is 9.89. The number of likely N-dealkylation sites (tertiary alicyclic amines) is 1. The summed E-state index contributed by atoms with van der Waals surface area (Å²) in [7, 11) is 0. The van der Waals surface area contributed by atoms with Gasteiger partial charge in [0.2, 0.25) is 0 Å². The van der Waals surface area contributed by atoms with Crippen molar-refractivity contribution >= 4 is 23.3 Å². The number of rotatable bonds is 8. The SMILES string of the molecule is C[C@@H]1C[C@H](C)CN(C(=O)COC(=O)CCCNc2ccccc2[N+](=O)[O-])C1. The Kier molecular flexibility index (Phi) is 7.57. The van der Waals surface area contributed by atoms with Gasteiger partial charge in [0.05, 0.1) is 4.92 Å². The van der Waals surface area contributed by atoms with Crippen LogP contribution >= 0.6 is 0 Å². The standard InChI is InChI=1S/C19H27N3O5/c1-14-10-15(2)12-21(11-14)18(23)13-27-19(24)8-5-9-20-16-6-3-4-7-17(16)22(25)26/h3-4,6-7,14-15,20H,5,8-13H2,1-2H3/t14-,15+. The maximum absolute atomic E-state index is 12.2. The van der Waals surface area contributed by atoms with Crippen LogP contribution in [0.25, 0.3) is 0 Å². The number of carbonyl (C=O) groups excluding carboxylic acids is 2. The van der Waals surface area contributed by atoms with Crippen molar-refractivity contribution in [2.45, 2.75) is 33.1 Å². The summed E-state index contributed by atoms with van der Waals surface area (Å²) >= 11 is 0. The van der Waals surface area contributed by atoms with E-state index in [0.29, 0.717) is 43.6 Å². The van der Waals surface area contributed by atoms with Crippen molar-refractivity contribution in [2.24, 2.45) is 11.8 Å². The molecule has 0 bridgehead atoms. The minimum absolute atomic E-state index is 0.00402. The van der Waals surface area contributed by atoms with Gasteiger partial charge in [0, 0.05) is 32.1 Å². The molecular formula is C19H27N3O5. The van der Waals surface area contributed by atoms with Crippen molar-refractivity contribution in [3.05, 3.63) is 34.4 Å². The fourth-order valence-corrected chi connectivity index (χ4v) is 3.41. The van der Waals surface area contributed by atoms with E-state index < -0.39 is 10.9 Å². The first-order chi connectivity index (χ1) is 12.9. The number of amides is 1. The predicted molar refractivity (Wildman–Crippen MR) is 101 cm³/mol. The molecule has 148 valence electrons. The normalized spacial score (nSPS) is 19.4. The minimum atomic E-state index is -0.454. The van der Waals surface area contributed by atoms with Crippen LogP contribution in [0.2, 0.25) is 0 Å². The quantitative estimate of drug-likeness (QED) is 0.323. The highest BCUT2D eigenvalue weighted by molar-refractivity contribution is 5.80. The number of piperidine rings is 1. The van der Waals surface area contributed by atoms with E-state index in [1.807, 2.05) is 0 Å². The number of nitro benzene ring substituents is 1. The summed E-state index contributed by atoms with van der Waals surface area (Å²) in [6.07, 6.45) is 1.71. The molecule has 1 amide bonds. The lowest BCUT2D eigenvalue weighted by Crippen LogP contribution is -2.44. The van der Waals surface area contributed by atoms with Gasteiger partial charge in [0.15, 0.2) is 6.61 Å². The van der Waals surface area contributed by atoms with Crippen LogP contribution in [-0.4, -0.2) is 47.9 Å². The summed E-state index contributed by atoms with van der Waals surface area (Å²) in [5, 5.41) is 13.9. The Morgan fingerprint density at radius 1 is 1.26 bits per heavy atom. The summed E-state index contributed by atoms with van der Waals surface area (Å²) in [4.78, 5) is 36.2. The first-order valence-corrected chi connectivity index (χ1v) is 9.27. The average Bonchev–Trinajstić information content (AvgIpc) is 2.62. The van der Waals surface area contributed by atoms with Crippen molar-refractivity contribution in [2.75, 3.05) is 31.6 Å². The van der Waals surface area contributed by atoms with Crippen molar-refractivity contribution in [3.8, 4) is 0 Å². The van der Waals surface area contributed by atoms with Gasteiger partial charge in [-0.3, -0.25) is 19.7 Å². The van der Waals surface area contributed by atoms with E-state index >= 15 is 0 Å². The van der Waals surface area contributed by atoms with Crippen LogP contribution in [0.5, 0.6) is 0 Å². The Morgan fingerprint density at radius 2 is 1.93 bits per heavy atom. The molecule has 2 rings (SSSR count). The van der Waals surface area contributed by atoms with Crippen LogP contribution in [0.1, 0.15) is 33.1 Å². The number of benzene rings is 1. The van der Waals surface area contributed by atoms with E-state index in [-0.39, 0.29) is 24.6 Å². The third-order valence-corrected chi connectivity index (χ3v) is 4.55. The third kappa shape index (κ3) is 6.54. The number of nitrogens with one attached hydrogen (secondary N) is 1. The van der Waals surface area contributed by atoms with E-state index in [9.17, 15) is 19.7 Å². The van der Waals surface area contributed by atoms with E-state index in [4.69, 9.17) is 4.74 Å². The lowest BCUT2D eigenvalue weighted by molar-refractivity contribution is -0.384. The molecule has 1 aromatic rings. The number of hydrogen-bond acceptors (Lipinski definition) is 6. The number of hydrogen-bond donors (Lipinski definition) is 1. The molecule has 1 saturated heterocycles. The number of anilines is 1. The molecule has 0 unspecified atom stereocenters. The van der Waals surface area contributed by atoms with E-state index in [2.05, 4.69) is 19.2 Å². The van der Waals surface area contributed by atoms with Crippen molar-refractivity contribution in [3.63, 3.8) is 0 Å². The van der Waals surface area contributed by atoms with Crippen LogP contribution in [0.4, 0.5) is 11.4 Å². The molecule has 0 aliphatic carbocycles. The molecule has 8 heteroatoms. The maximum Gasteiger partial charge on any atom is 0.306 e. The molecule has 2 atom stereocenters. The molecule has 0 spiro atoms. The highest BCUT2D eigenvalue weighted by Crippen LogP contribution is 2.23. The molecule has 1 heterocycles. The van der Waals surface area contributed by atoms with Crippen molar-refractivity contribution in [1.29, 1.82) is 0 Å². The third-order valence-electron chi connectivity index (χ3n) is 4.55. The van der Waals surface area contributed by atoms with Crippen LogP contribution in [0, 0.1) is 22.0 Å². The topological polar surface area (TPSA) is 102 Å². The van der Waals surface area contributed by atoms with Gasteiger partial charge in [0.25, 0.3) is 11.6 Å². The Morgan fingerprint density at radius 3 is 2.59 bits per heavy atom. The summed E-state index contributed by atoms with van der Waals surface area (Å²) < 4.78 is 5.08. The Balaban J connectivity index is 1.67. The highest BCUT2D eigenvalue weighted by Gasteiger charge is 2.25. The summed E-state index contributed by atoms with van der Waals surface area (Å²) in [5.41, 5.74) is 0.412. The predicted octanol–water partition coefficient (Wildman–Crippen LogP) is 2.83. The largest absolute Gasteiger partial charge is 0.456 e. The number of nitro groups is 1. The number of nitrogens with zero attached hydrogens (tertiary/aromatic N) is 2. The number of ether oxygens (including phenoxy) is 1. The van der Waals surface area contributed by atoms with Gasteiger partial charge in [-0.25, -0.2) is 0 Å². The van der Waals surface area contributed by atoms with Gasteiger partial charge in [-0.1, -0.05) is 26.0 Å². The van der Waals surface area contributed by atoms with Crippen LogP contribution in [0.3, 0.4) is 0 Å². The second-order valence-electron chi connectivity index (χ2n) is 7.21. The fourth-order valence-electron chi connectivity index (χ4n) is 3.41. The first-order valence-electron chi connectivity index (χ1n) is 9.27. The van der Waals surface area contributed by atoms with Gasteiger partial charge < -0.3 is 15.0 Å². The molecule has 1 aliphatic rings. The Hall–Kier alpha value is -2.64.